The molecule has 2 heteroatoms. The lowest BCUT2D eigenvalue weighted by Crippen LogP contribution is -1.95. The highest BCUT2D eigenvalue weighted by Gasteiger charge is 2.06. The Morgan fingerprint density at radius 3 is 2.75 bits per heavy atom. The number of hydrogen-bond acceptors (Lipinski definition) is 1. The Bertz CT molecular complexity index is 258. The van der Waals surface area contributed by atoms with Crippen LogP contribution in [0.3, 0.4) is 0 Å². The number of hydrogen-bond donors (Lipinski definition) is 0. The molecule has 1 rings (SSSR count). The van der Waals surface area contributed by atoms with Gasteiger partial charge in [-0.15, -0.1) is 0 Å². The fourth-order valence-electron chi connectivity index (χ4n) is 1.22. The third-order valence-corrected chi connectivity index (χ3v) is 1.80. The van der Waals surface area contributed by atoms with Crippen LogP contribution in [0.2, 0.25) is 0 Å². The lowest BCUT2D eigenvalue weighted by Gasteiger charge is -2.07. The van der Waals surface area contributed by atoms with Crippen molar-refractivity contribution in [2.45, 2.75) is 19.8 Å². The van der Waals surface area contributed by atoms with Gasteiger partial charge in [0.25, 0.3) is 0 Å². The first-order valence-corrected chi connectivity index (χ1v) is 4.11. The predicted octanol–water partition coefficient (Wildman–Crippen LogP) is 2.79. The normalized spacial score (nSPS) is 9.92. The first kappa shape index (κ1) is 9.04. The summed E-state index contributed by atoms with van der Waals surface area (Å²) in [6.07, 6.45) is 1.66. The van der Waals surface area contributed by atoms with E-state index in [2.05, 4.69) is 0 Å². The Labute approximate surface area is 72.2 Å². The van der Waals surface area contributed by atoms with E-state index in [4.69, 9.17) is 4.74 Å². The Morgan fingerprint density at radius 1 is 1.42 bits per heavy atom. The van der Waals surface area contributed by atoms with Gasteiger partial charge in [0.15, 0.2) is 0 Å². The van der Waals surface area contributed by atoms with Crippen molar-refractivity contribution in [2.24, 2.45) is 0 Å². The molecule has 0 aliphatic heterocycles. The molecule has 0 heterocycles. The smallest absolute Gasteiger partial charge is 0.130 e. The van der Waals surface area contributed by atoms with Crippen molar-refractivity contribution >= 4 is 0 Å². The van der Waals surface area contributed by atoms with E-state index >= 15 is 0 Å². The van der Waals surface area contributed by atoms with Crippen LogP contribution in [0.25, 0.3) is 0 Å². The van der Waals surface area contributed by atoms with Crippen LogP contribution in [0, 0.1) is 5.82 Å². The van der Waals surface area contributed by atoms with E-state index in [1.54, 1.807) is 19.2 Å². The van der Waals surface area contributed by atoms with Gasteiger partial charge in [0.1, 0.15) is 11.6 Å². The molecule has 0 atom stereocenters. The number of halogens is 1. The molecule has 1 aromatic rings. The second-order valence-corrected chi connectivity index (χ2v) is 2.67. The van der Waals surface area contributed by atoms with Crippen LogP contribution in [-0.4, -0.2) is 7.11 Å². The zero-order chi connectivity index (χ0) is 8.97. The Kier molecular flexibility index (Phi) is 3.09. The van der Waals surface area contributed by atoms with E-state index in [-0.39, 0.29) is 5.82 Å². The van der Waals surface area contributed by atoms with Crippen molar-refractivity contribution in [2.75, 3.05) is 7.11 Å². The maximum atomic E-state index is 13.1. The van der Waals surface area contributed by atoms with Gasteiger partial charge in [-0.1, -0.05) is 19.4 Å². The zero-order valence-electron chi connectivity index (χ0n) is 7.43. The van der Waals surface area contributed by atoms with Gasteiger partial charge in [-0.05, 0) is 18.6 Å². The molecule has 0 saturated heterocycles. The summed E-state index contributed by atoms with van der Waals surface area (Å²) in [7, 11) is 1.56. The maximum absolute atomic E-state index is 13.1. The zero-order valence-corrected chi connectivity index (χ0v) is 7.43. The molecule has 0 N–H and O–H groups in total. The van der Waals surface area contributed by atoms with Crippen LogP contribution in [0.5, 0.6) is 5.75 Å². The molecule has 0 radical (unpaired) electrons. The second-order valence-electron chi connectivity index (χ2n) is 2.67. The van der Waals surface area contributed by atoms with Crippen molar-refractivity contribution in [3.05, 3.63) is 29.6 Å². The average molecular weight is 168 g/mol. The Morgan fingerprint density at radius 2 is 2.17 bits per heavy atom. The molecule has 0 saturated carbocycles. The lowest BCUT2D eigenvalue weighted by atomic mass is 10.1. The van der Waals surface area contributed by atoms with Gasteiger partial charge >= 0.3 is 0 Å². The van der Waals surface area contributed by atoms with Gasteiger partial charge in [-0.3, -0.25) is 0 Å². The molecule has 1 aromatic carbocycles. The Balaban J connectivity index is 3.02. The molecule has 0 spiro atoms. The van der Waals surface area contributed by atoms with E-state index < -0.39 is 0 Å². The third-order valence-electron chi connectivity index (χ3n) is 1.80. The summed E-state index contributed by atoms with van der Waals surface area (Å²) in [6.45, 7) is 2.02. The molecule has 0 aliphatic carbocycles. The SMILES string of the molecule is CCCc1c(F)cccc1OC. The first-order chi connectivity index (χ1) is 5.79. The number of ether oxygens (including phenoxy) is 1. The van der Waals surface area contributed by atoms with Crippen LogP contribution in [-0.2, 0) is 6.42 Å². The molecule has 12 heavy (non-hydrogen) atoms. The van der Waals surface area contributed by atoms with Crippen molar-refractivity contribution in [3.63, 3.8) is 0 Å². The monoisotopic (exact) mass is 168 g/mol. The molecule has 0 amide bonds. The van der Waals surface area contributed by atoms with E-state index in [1.165, 1.54) is 6.07 Å². The van der Waals surface area contributed by atoms with Crippen LogP contribution < -0.4 is 4.74 Å². The minimum Gasteiger partial charge on any atom is -0.496 e. The summed E-state index contributed by atoms with van der Waals surface area (Å²) in [5, 5.41) is 0. The quantitative estimate of drug-likeness (QED) is 0.674. The van der Waals surface area contributed by atoms with Gasteiger partial charge in [-0.2, -0.15) is 0 Å². The van der Waals surface area contributed by atoms with Crippen molar-refractivity contribution in [1.29, 1.82) is 0 Å². The van der Waals surface area contributed by atoms with E-state index in [0.717, 1.165) is 12.8 Å². The lowest BCUT2D eigenvalue weighted by molar-refractivity contribution is 0.404. The largest absolute Gasteiger partial charge is 0.496 e. The molecule has 0 aliphatic rings. The molecule has 0 aromatic heterocycles. The van der Waals surface area contributed by atoms with Gasteiger partial charge < -0.3 is 4.74 Å². The summed E-state index contributed by atoms with van der Waals surface area (Å²) in [5.74, 6) is 0.480. The average Bonchev–Trinajstić information content (AvgIpc) is 2.09. The number of rotatable bonds is 3. The molecule has 0 fully saturated rings. The molecule has 66 valence electrons. The molecule has 1 nitrogen and oxygen atoms in total. The molecule has 0 unspecified atom stereocenters. The van der Waals surface area contributed by atoms with Crippen LogP contribution in [0.1, 0.15) is 18.9 Å². The van der Waals surface area contributed by atoms with Gasteiger partial charge in [-0.25, -0.2) is 4.39 Å². The molecular weight excluding hydrogens is 155 g/mol. The van der Waals surface area contributed by atoms with Crippen molar-refractivity contribution in [3.8, 4) is 5.75 Å². The predicted molar refractivity (Wildman–Crippen MR) is 46.9 cm³/mol. The number of benzene rings is 1. The van der Waals surface area contributed by atoms with Crippen molar-refractivity contribution in [1.82, 2.24) is 0 Å². The minimum atomic E-state index is -0.170. The summed E-state index contributed by atoms with van der Waals surface area (Å²) >= 11 is 0. The summed E-state index contributed by atoms with van der Waals surface area (Å²) in [6, 6.07) is 4.91. The maximum Gasteiger partial charge on any atom is 0.130 e. The summed E-state index contributed by atoms with van der Waals surface area (Å²) < 4.78 is 18.2. The van der Waals surface area contributed by atoms with E-state index in [1.807, 2.05) is 6.92 Å². The van der Waals surface area contributed by atoms with Gasteiger partial charge in [0.05, 0.1) is 7.11 Å². The van der Waals surface area contributed by atoms with E-state index in [0.29, 0.717) is 11.3 Å². The van der Waals surface area contributed by atoms with Gasteiger partial charge in [0, 0.05) is 5.56 Å². The first-order valence-electron chi connectivity index (χ1n) is 4.11. The number of methoxy groups -OCH3 is 1. The van der Waals surface area contributed by atoms with Gasteiger partial charge in [0.2, 0.25) is 0 Å². The highest BCUT2D eigenvalue weighted by Crippen LogP contribution is 2.22. The fourth-order valence-corrected chi connectivity index (χ4v) is 1.22. The van der Waals surface area contributed by atoms with Crippen molar-refractivity contribution < 1.29 is 9.13 Å². The van der Waals surface area contributed by atoms with E-state index in [9.17, 15) is 4.39 Å². The molecule has 0 bridgehead atoms. The fraction of sp³-hybridized carbons (Fsp3) is 0.400. The second kappa shape index (κ2) is 4.10. The highest BCUT2D eigenvalue weighted by molar-refractivity contribution is 5.34. The topological polar surface area (TPSA) is 9.23 Å². The third kappa shape index (κ3) is 1.76. The highest BCUT2D eigenvalue weighted by atomic mass is 19.1. The van der Waals surface area contributed by atoms with Crippen LogP contribution >= 0.6 is 0 Å². The standard InChI is InChI=1S/C10H13FO/c1-3-5-8-9(11)6-4-7-10(8)12-2/h4,6-7H,3,5H2,1-2H3. The summed E-state index contributed by atoms with van der Waals surface area (Å²) in [5.41, 5.74) is 0.683. The Hall–Kier alpha value is -1.05. The van der Waals surface area contributed by atoms with Crippen LogP contribution in [0.4, 0.5) is 4.39 Å². The summed E-state index contributed by atoms with van der Waals surface area (Å²) in [4.78, 5) is 0. The van der Waals surface area contributed by atoms with Crippen LogP contribution in [0.15, 0.2) is 18.2 Å². The minimum absolute atomic E-state index is 0.170. The molecular formula is C10H13FO.